The minimum absolute atomic E-state index is 0. The molecule has 0 amide bonds. The van der Waals surface area contributed by atoms with Crippen LogP contribution in [0, 0.1) is 0 Å². The van der Waals surface area contributed by atoms with Gasteiger partial charge >= 0.3 is 0 Å². The Morgan fingerprint density at radius 3 is 2.88 bits per heavy atom. The third-order valence-corrected chi connectivity index (χ3v) is 7.20. The summed E-state index contributed by atoms with van der Waals surface area (Å²) in [4.78, 5) is 8.92. The number of halogens is 1. The Bertz CT molecular complexity index is 565. The number of guanidine groups is 1. The Labute approximate surface area is 175 Å². The Balaban J connectivity index is 0.00000312. The molecule has 3 unspecified atom stereocenters. The molecule has 1 aliphatic carbocycles. The van der Waals surface area contributed by atoms with Crippen LogP contribution in [0.4, 0.5) is 0 Å². The van der Waals surface area contributed by atoms with E-state index < -0.39 is 10.8 Å². The molecule has 0 aliphatic heterocycles. The number of hydrogen-bond donors (Lipinski definition) is 2. The van der Waals surface area contributed by atoms with Crippen molar-refractivity contribution in [1.29, 1.82) is 0 Å². The van der Waals surface area contributed by atoms with Crippen LogP contribution >= 0.6 is 35.3 Å². The first kappa shape index (κ1) is 22.8. The van der Waals surface area contributed by atoms with Gasteiger partial charge in [-0.1, -0.05) is 20.3 Å². The Kier molecular flexibility index (Phi) is 11.2. The molecule has 1 aromatic heterocycles. The fourth-order valence-electron chi connectivity index (χ4n) is 3.07. The van der Waals surface area contributed by atoms with Gasteiger partial charge in [0.25, 0.3) is 0 Å². The molecule has 8 heteroatoms. The van der Waals surface area contributed by atoms with Crippen LogP contribution < -0.4 is 10.6 Å². The molecule has 0 spiro atoms. The molecular weight excluding hydrogens is 467 g/mol. The Hall–Kier alpha value is -0.220. The van der Waals surface area contributed by atoms with E-state index in [1.807, 2.05) is 6.92 Å². The smallest absolute Gasteiger partial charge is 0.191 e. The van der Waals surface area contributed by atoms with E-state index in [4.69, 9.17) is 0 Å². The number of rotatable bonds is 7. The molecule has 0 aromatic carbocycles. The zero-order valence-corrected chi connectivity index (χ0v) is 19.4. The zero-order valence-electron chi connectivity index (χ0n) is 15.4. The van der Waals surface area contributed by atoms with Gasteiger partial charge in [-0.3, -0.25) is 9.20 Å². The molecule has 1 heterocycles. The van der Waals surface area contributed by atoms with Crippen LogP contribution in [-0.4, -0.2) is 45.8 Å². The molecule has 25 heavy (non-hydrogen) atoms. The van der Waals surface area contributed by atoms with Crippen LogP contribution in [0.5, 0.6) is 0 Å². The summed E-state index contributed by atoms with van der Waals surface area (Å²) in [5, 5.41) is 10.6. The first-order valence-electron chi connectivity index (χ1n) is 8.93. The summed E-state index contributed by atoms with van der Waals surface area (Å²) in [5.41, 5.74) is 1.15. The van der Waals surface area contributed by atoms with Gasteiger partial charge in [-0.25, -0.2) is 4.98 Å². The SMILES string of the molecule is CCc1nc(CCNC(=NC)NC2CCCC(S(=O)CC)C2)cs1.I. The van der Waals surface area contributed by atoms with E-state index in [9.17, 15) is 4.21 Å². The van der Waals surface area contributed by atoms with Gasteiger partial charge in [0.15, 0.2) is 5.96 Å². The highest BCUT2D eigenvalue weighted by molar-refractivity contribution is 14.0. The minimum Gasteiger partial charge on any atom is -0.356 e. The quantitative estimate of drug-likeness (QED) is 0.345. The first-order chi connectivity index (χ1) is 11.7. The van der Waals surface area contributed by atoms with E-state index in [1.165, 1.54) is 5.01 Å². The van der Waals surface area contributed by atoms with Gasteiger partial charge in [-0.2, -0.15) is 0 Å². The van der Waals surface area contributed by atoms with E-state index in [2.05, 4.69) is 32.9 Å². The molecule has 2 rings (SSSR count). The average molecular weight is 499 g/mol. The van der Waals surface area contributed by atoms with Gasteiger partial charge in [0, 0.05) is 53.2 Å². The largest absolute Gasteiger partial charge is 0.356 e. The number of thiazole rings is 1. The highest BCUT2D eigenvalue weighted by Crippen LogP contribution is 2.22. The van der Waals surface area contributed by atoms with Crippen LogP contribution in [0.2, 0.25) is 0 Å². The van der Waals surface area contributed by atoms with Crippen molar-refractivity contribution in [3.05, 3.63) is 16.1 Å². The van der Waals surface area contributed by atoms with Crippen molar-refractivity contribution in [3.63, 3.8) is 0 Å². The third-order valence-electron chi connectivity index (χ3n) is 4.42. The lowest BCUT2D eigenvalue weighted by molar-refractivity contribution is 0.413. The van der Waals surface area contributed by atoms with Crippen molar-refractivity contribution in [1.82, 2.24) is 15.6 Å². The second-order valence-electron chi connectivity index (χ2n) is 6.13. The van der Waals surface area contributed by atoms with Crippen LogP contribution in [0.1, 0.15) is 50.2 Å². The van der Waals surface area contributed by atoms with Crippen LogP contribution in [0.3, 0.4) is 0 Å². The van der Waals surface area contributed by atoms with E-state index in [0.29, 0.717) is 11.3 Å². The van der Waals surface area contributed by atoms with E-state index in [0.717, 1.165) is 62.5 Å². The van der Waals surface area contributed by atoms with Crippen molar-refractivity contribution < 1.29 is 4.21 Å². The maximum absolute atomic E-state index is 12.1. The predicted octanol–water partition coefficient (Wildman–Crippen LogP) is 3.11. The van der Waals surface area contributed by atoms with Gasteiger partial charge in [-0.15, -0.1) is 35.3 Å². The fraction of sp³-hybridized carbons (Fsp3) is 0.765. The van der Waals surface area contributed by atoms with Crippen molar-refractivity contribution in [2.75, 3.05) is 19.3 Å². The zero-order chi connectivity index (χ0) is 17.4. The maximum atomic E-state index is 12.1. The molecule has 1 aliphatic rings. The van der Waals surface area contributed by atoms with Crippen molar-refractivity contribution >= 4 is 52.1 Å². The molecule has 1 fully saturated rings. The van der Waals surface area contributed by atoms with Gasteiger partial charge in [-0.05, 0) is 25.7 Å². The Morgan fingerprint density at radius 1 is 1.44 bits per heavy atom. The summed E-state index contributed by atoms with van der Waals surface area (Å²) in [6.07, 6.45) is 6.25. The summed E-state index contributed by atoms with van der Waals surface area (Å²) in [6.45, 7) is 4.97. The number of nitrogens with zero attached hydrogens (tertiary/aromatic N) is 2. The van der Waals surface area contributed by atoms with Gasteiger partial charge in [0.05, 0.1) is 10.7 Å². The first-order valence-corrected chi connectivity index (χ1v) is 11.2. The topological polar surface area (TPSA) is 66.4 Å². The molecule has 1 saturated carbocycles. The van der Waals surface area contributed by atoms with Crippen LogP contribution in [-0.2, 0) is 23.6 Å². The van der Waals surface area contributed by atoms with Crippen molar-refractivity contribution in [2.45, 2.75) is 63.7 Å². The van der Waals surface area contributed by atoms with Crippen molar-refractivity contribution in [2.24, 2.45) is 4.99 Å². The lowest BCUT2D eigenvalue weighted by Gasteiger charge is -2.30. The maximum Gasteiger partial charge on any atom is 0.191 e. The molecule has 144 valence electrons. The minimum atomic E-state index is -0.687. The summed E-state index contributed by atoms with van der Waals surface area (Å²) in [6, 6.07) is 0.372. The third kappa shape index (κ3) is 7.50. The number of hydrogen-bond acceptors (Lipinski definition) is 4. The molecule has 1 aromatic rings. The normalized spacial score (nSPS) is 22.1. The summed E-state index contributed by atoms with van der Waals surface area (Å²) < 4.78 is 12.1. The fourth-order valence-corrected chi connectivity index (χ4v) is 5.20. The lowest BCUT2D eigenvalue weighted by atomic mass is 9.95. The molecule has 3 atom stereocenters. The Morgan fingerprint density at radius 2 is 2.24 bits per heavy atom. The molecule has 2 N–H and O–H groups in total. The lowest BCUT2D eigenvalue weighted by Crippen LogP contribution is -2.47. The standard InChI is InChI=1S/C17H30N4OS2.HI/c1-4-16-20-14(12-23-16)9-10-19-17(18-3)21-13-7-6-8-15(11-13)24(22)5-2;/h12-13,15H,4-11H2,1-3H3,(H2,18,19,21);1H. The van der Waals surface area contributed by atoms with Crippen molar-refractivity contribution in [3.8, 4) is 0 Å². The second-order valence-corrected chi connectivity index (χ2v) is 9.08. The summed E-state index contributed by atoms with van der Waals surface area (Å²) in [5.74, 6) is 1.60. The average Bonchev–Trinajstić information content (AvgIpc) is 3.08. The van der Waals surface area contributed by atoms with Gasteiger partial charge in [0.1, 0.15) is 0 Å². The number of aliphatic imine (C=N–C) groups is 1. The van der Waals surface area contributed by atoms with Crippen LogP contribution in [0.15, 0.2) is 10.4 Å². The second kappa shape index (κ2) is 12.2. The molecular formula is C17H31IN4OS2. The highest BCUT2D eigenvalue weighted by Gasteiger charge is 2.25. The van der Waals surface area contributed by atoms with Crippen LogP contribution in [0.25, 0.3) is 0 Å². The highest BCUT2D eigenvalue weighted by atomic mass is 127. The predicted molar refractivity (Wildman–Crippen MR) is 120 cm³/mol. The molecule has 5 nitrogen and oxygen atoms in total. The summed E-state index contributed by atoms with van der Waals surface area (Å²) in [7, 11) is 1.12. The van der Waals surface area contributed by atoms with Gasteiger partial charge in [0.2, 0.25) is 0 Å². The summed E-state index contributed by atoms with van der Waals surface area (Å²) >= 11 is 1.73. The molecule has 0 radical (unpaired) electrons. The van der Waals surface area contributed by atoms with E-state index in [1.54, 1.807) is 18.4 Å². The number of aromatic nitrogens is 1. The van der Waals surface area contributed by atoms with E-state index in [-0.39, 0.29) is 24.0 Å². The molecule has 0 bridgehead atoms. The number of nitrogens with one attached hydrogen (secondary N) is 2. The monoisotopic (exact) mass is 498 g/mol. The number of aryl methyl sites for hydroxylation is 1. The van der Waals surface area contributed by atoms with Gasteiger partial charge < -0.3 is 10.6 Å². The van der Waals surface area contributed by atoms with E-state index >= 15 is 0 Å². The molecule has 0 saturated heterocycles.